The number of hydrogen-bond acceptors (Lipinski definition) is 5. The first-order chi connectivity index (χ1) is 13.6. The van der Waals surface area contributed by atoms with Gasteiger partial charge in [0, 0.05) is 12.4 Å². The normalized spacial score (nSPS) is 10.9. The van der Waals surface area contributed by atoms with Gasteiger partial charge in [0.05, 0.1) is 26.4 Å². The first-order valence-corrected chi connectivity index (χ1v) is 10.7. The van der Waals surface area contributed by atoms with E-state index in [9.17, 15) is 4.79 Å². The largest absolute Gasteiger partial charge is 0.323 e. The number of carbonyl (C=O) groups excluding carboxylic acids is 1. The Balaban J connectivity index is 1.55. The van der Waals surface area contributed by atoms with Crippen molar-refractivity contribution < 1.29 is 4.79 Å². The molecule has 1 N–H and O–H groups in total. The summed E-state index contributed by atoms with van der Waals surface area (Å²) in [5, 5.41) is 14.7. The van der Waals surface area contributed by atoms with E-state index in [1.165, 1.54) is 11.8 Å². The molecule has 0 atom stereocenters. The molecular formula is C18H13Cl2N5OS2. The van der Waals surface area contributed by atoms with E-state index < -0.39 is 0 Å². The van der Waals surface area contributed by atoms with Crippen molar-refractivity contribution in [3.8, 4) is 10.7 Å². The van der Waals surface area contributed by atoms with Gasteiger partial charge < -0.3 is 5.32 Å². The Bertz CT molecular complexity index is 1070. The fourth-order valence-electron chi connectivity index (χ4n) is 2.50. The van der Waals surface area contributed by atoms with Gasteiger partial charge in [-0.05, 0) is 35.7 Å². The second-order valence-electron chi connectivity index (χ2n) is 5.59. The minimum absolute atomic E-state index is 0.130. The van der Waals surface area contributed by atoms with Crippen LogP contribution in [0.4, 0.5) is 5.69 Å². The summed E-state index contributed by atoms with van der Waals surface area (Å²) in [5.41, 5.74) is 0.405. The highest BCUT2D eigenvalue weighted by Gasteiger charge is 2.18. The summed E-state index contributed by atoms with van der Waals surface area (Å²) in [4.78, 5) is 13.4. The average Bonchev–Trinajstić information content (AvgIpc) is 3.43. The molecular weight excluding hydrogens is 437 g/mol. The molecule has 0 radical (unpaired) electrons. The Labute approximate surface area is 179 Å². The number of carbonyl (C=O) groups is 1. The zero-order valence-corrected chi connectivity index (χ0v) is 17.4. The number of thioether (sulfide) groups is 1. The number of anilines is 1. The molecule has 3 heterocycles. The Morgan fingerprint density at radius 3 is 2.50 bits per heavy atom. The third kappa shape index (κ3) is 3.95. The highest BCUT2D eigenvalue weighted by molar-refractivity contribution is 7.99. The SMILES string of the molecule is O=C(CSc1nnc(-c2cccs2)n1-n1cccc1)Nc1c(Cl)cccc1Cl. The van der Waals surface area contributed by atoms with E-state index in [-0.39, 0.29) is 11.7 Å². The molecule has 0 saturated carbocycles. The van der Waals surface area contributed by atoms with E-state index >= 15 is 0 Å². The number of nitrogens with zero attached hydrogens (tertiary/aromatic N) is 4. The van der Waals surface area contributed by atoms with E-state index in [0.29, 0.717) is 26.7 Å². The van der Waals surface area contributed by atoms with Crippen LogP contribution in [0.3, 0.4) is 0 Å². The number of benzene rings is 1. The highest BCUT2D eigenvalue weighted by Crippen LogP contribution is 2.31. The van der Waals surface area contributed by atoms with Crippen molar-refractivity contribution in [3.05, 3.63) is 70.3 Å². The number of aromatic nitrogens is 4. The molecule has 4 rings (SSSR count). The smallest absolute Gasteiger partial charge is 0.234 e. The van der Waals surface area contributed by atoms with Crippen LogP contribution in [0, 0.1) is 0 Å². The first kappa shape index (κ1) is 19.1. The van der Waals surface area contributed by atoms with Gasteiger partial charge in [0.15, 0.2) is 5.82 Å². The summed E-state index contributed by atoms with van der Waals surface area (Å²) < 4.78 is 3.74. The summed E-state index contributed by atoms with van der Waals surface area (Å²) in [7, 11) is 0. The van der Waals surface area contributed by atoms with Gasteiger partial charge in [-0.1, -0.05) is 47.1 Å². The highest BCUT2D eigenvalue weighted by atomic mass is 35.5. The Hall–Kier alpha value is -2.26. The van der Waals surface area contributed by atoms with Crippen molar-refractivity contribution in [1.29, 1.82) is 0 Å². The lowest BCUT2D eigenvalue weighted by molar-refractivity contribution is -0.113. The molecule has 0 unspecified atom stereocenters. The molecule has 1 aromatic carbocycles. The summed E-state index contributed by atoms with van der Waals surface area (Å²) in [5.74, 6) is 0.605. The molecule has 0 aliphatic rings. The van der Waals surface area contributed by atoms with E-state index in [2.05, 4.69) is 15.5 Å². The zero-order valence-electron chi connectivity index (χ0n) is 14.3. The molecule has 0 fully saturated rings. The molecule has 0 bridgehead atoms. The van der Waals surface area contributed by atoms with E-state index in [0.717, 1.165) is 4.88 Å². The maximum absolute atomic E-state index is 12.4. The van der Waals surface area contributed by atoms with Crippen molar-refractivity contribution in [2.75, 3.05) is 11.1 Å². The molecule has 0 aliphatic heterocycles. The fraction of sp³-hybridized carbons (Fsp3) is 0.0556. The van der Waals surface area contributed by atoms with Crippen LogP contribution in [0.5, 0.6) is 0 Å². The standard InChI is InChI=1S/C18H13Cl2N5OS2/c19-12-5-3-6-13(20)16(12)21-15(26)11-28-18-23-22-17(14-7-4-10-27-14)25(18)24-8-1-2-9-24/h1-10H,11H2,(H,21,26). The Morgan fingerprint density at radius 2 is 1.82 bits per heavy atom. The third-order valence-corrected chi connectivity index (χ3v) is 6.15. The Kier molecular flexibility index (Phi) is 5.72. The topological polar surface area (TPSA) is 64.7 Å². The van der Waals surface area contributed by atoms with Crippen molar-refractivity contribution in [2.24, 2.45) is 0 Å². The number of hydrogen-bond donors (Lipinski definition) is 1. The lowest BCUT2D eigenvalue weighted by Gasteiger charge is -2.11. The van der Waals surface area contributed by atoms with E-state index in [1.807, 2.05) is 51.4 Å². The van der Waals surface area contributed by atoms with Crippen molar-refractivity contribution in [1.82, 2.24) is 19.5 Å². The van der Waals surface area contributed by atoms with E-state index in [1.54, 1.807) is 29.5 Å². The predicted octanol–water partition coefficient (Wildman–Crippen LogP) is 5.16. The Morgan fingerprint density at radius 1 is 1.07 bits per heavy atom. The molecule has 1 amide bonds. The van der Waals surface area contributed by atoms with Gasteiger partial charge in [-0.25, -0.2) is 4.68 Å². The predicted molar refractivity (Wildman–Crippen MR) is 114 cm³/mol. The summed E-state index contributed by atoms with van der Waals surface area (Å²) >= 11 is 15.1. The van der Waals surface area contributed by atoms with Crippen LogP contribution in [-0.4, -0.2) is 31.2 Å². The summed E-state index contributed by atoms with van der Waals surface area (Å²) in [6.45, 7) is 0. The number of amides is 1. The first-order valence-electron chi connectivity index (χ1n) is 8.13. The van der Waals surface area contributed by atoms with Gasteiger partial charge in [-0.2, -0.15) is 0 Å². The van der Waals surface area contributed by atoms with Gasteiger partial charge in [0.1, 0.15) is 0 Å². The molecule has 28 heavy (non-hydrogen) atoms. The minimum Gasteiger partial charge on any atom is -0.323 e. The minimum atomic E-state index is -0.236. The van der Waals surface area contributed by atoms with E-state index in [4.69, 9.17) is 23.2 Å². The number of rotatable bonds is 6. The average molecular weight is 450 g/mol. The van der Waals surface area contributed by atoms with Gasteiger partial charge in [0.2, 0.25) is 11.1 Å². The number of nitrogens with one attached hydrogen (secondary N) is 1. The van der Waals surface area contributed by atoms with Gasteiger partial charge in [-0.3, -0.25) is 9.47 Å². The third-order valence-electron chi connectivity index (χ3n) is 3.73. The van der Waals surface area contributed by atoms with Crippen LogP contribution < -0.4 is 5.32 Å². The van der Waals surface area contributed by atoms with Gasteiger partial charge in [-0.15, -0.1) is 21.5 Å². The lowest BCUT2D eigenvalue weighted by Crippen LogP contribution is -2.16. The second kappa shape index (κ2) is 8.40. The van der Waals surface area contributed by atoms with Crippen molar-refractivity contribution in [3.63, 3.8) is 0 Å². The molecule has 0 saturated heterocycles. The van der Waals surface area contributed by atoms with Crippen LogP contribution in [-0.2, 0) is 4.79 Å². The second-order valence-corrected chi connectivity index (χ2v) is 8.30. The van der Waals surface area contributed by atoms with Gasteiger partial charge in [0.25, 0.3) is 0 Å². The van der Waals surface area contributed by atoms with Crippen LogP contribution in [0.15, 0.2) is 65.4 Å². The molecule has 3 aromatic heterocycles. The van der Waals surface area contributed by atoms with Crippen molar-refractivity contribution >= 4 is 57.9 Å². The molecule has 10 heteroatoms. The summed E-state index contributed by atoms with van der Waals surface area (Å²) in [6.07, 6.45) is 3.79. The van der Waals surface area contributed by atoms with Crippen LogP contribution in [0.2, 0.25) is 10.0 Å². The molecule has 6 nitrogen and oxygen atoms in total. The maximum Gasteiger partial charge on any atom is 0.234 e. The zero-order chi connectivity index (χ0) is 19.5. The van der Waals surface area contributed by atoms with Crippen molar-refractivity contribution in [2.45, 2.75) is 5.16 Å². The van der Waals surface area contributed by atoms with Gasteiger partial charge >= 0.3 is 0 Å². The molecule has 0 spiro atoms. The number of para-hydroxylation sites is 1. The molecule has 0 aliphatic carbocycles. The van der Waals surface area contributed by atoms with Crippen LogP contribution in [0.1, 0.15) is 0 Å². The molecule has 142 valence electrons. The number of halogens is 2. The lowest BCUT2D eigenvalue weighted by atomic mass is 10.3. The number of thiophene rings is 1. The maximum atomic E-state index is 12.4. The fourth-order valence-corrected chi connectivity index (χ4v) is 4.42. The quantitative estimate of drug-likeness (QED) is 0.413. The van der Waals surface area contributed by atoms with Crippen LogP contribution in [0.25, 0.3) is 10.7 Å². The molecule has 4 aromatic rings. The monoisotopic (exact) mass is 449 g/mol. The summed E-state index contributed by atoms with van der Waals surface area (Å²) in [6, 6.07) is 12.8. The van der Waals surface area contributed by atoms with Crippen LogP contribution >= 0.6 is 46.3 Å².